The minimum atomic E-state index is -0.538. The Morgan fingerprint density at radius 1 is 1.21 bits per heavy atom. The van der Waals surface area contributed by atoms with E-state index in [1.54, 1.807) is 11.6 Å². The second-order valence-corrected chi connectivity index (χ2v) is 7.32. The van der Waals surface area contributed by atoms with Gasteiger partial charge in [-0.15, -0.1) is 0 Å². The molecule has 2 aromatic rings. The number of aliphatic hydroxyl groups excluding tert-OH is 1. The highest BCUT2D eigenvalue weighted by Gasteiger charge is 2.27. The summed E-state index contributed by atoms with van der Waals surface area (Å²) < 4.78 is 0. The molecule has 0 fully saturated rings. The Balaban J connectivity index is 1.70. The van der Waals surface area contributed by atoms with Gasteiger partial charge in [-0.25, -0.2) is 5.48 Å². The van der Waals surface area contributed by atoms with Gasteiger partial charge in [0.15, 0.2) is 0 Å². The molecule has 0 saturated carbocycles. The highest BCUT2D eigenvalue weighted by molar-refractivity contribution is 5.90. The molecule has 2 aromatic carbocycles. The van der Waals surface area contributed by atoms with Crippen LogP contribution in [0.5, 0.6) is 0 Å². The van der Waals surface area contributed by atoms with Gasteiger partial charge in [-0.05, 0) is 54.5 Å². The first-order valence-corrected chi connectivity index (χ1v) is 9.76. The number of hydrogen-bond acceptors (Lipinski definition) is 4. The predicted molar refractivity (Wildman–Crippen MR) is 110 cm³/mol. The average molecular weight is 380 g/mol. The van der Waals surface area contributed by atoms with Crippen molar-refractivity contribution in [3.63, 3.8) is 0 Å². The lowest BCUT2D eigenvalue weighted by atomic mass is 10.0. The first kappa shape index (κ1) is 20.3. The van der Waals surface area contributed by atoms with E-state index in [9.17, 15) is 9.90 Å². The molecule has 0 heterocycles. The molecule has 3 N–H and O–H groups in total. The third-order valence-corrected chi connectivity index (χ3v) is 5.39. The zero-order chi connectivity index (χ0) is 19.9. The number of aliphatic hydroxyl groups is 1. The van der Waals surface area contributed by atoms with Crippen LogP contribution in [-0.4, -0.2) is 40.8 Å². The highest BCUT2D eigenvalue weighted by atomic mass is 16.5. The van der Waals surface area contributed by atoms with Crippen molar-refractivity contribution in [3.8, 4) is 0 Å². The van der Waals surface area contributed by atoms with Crippen LogP contribution in [0.25, 0.3) is 6.08 Å². The number of rotatable bonds is 8. The summed E-state index contributed by atoms with van der Waals surface area (Å²) in [5.74, 6) is -0.538. The quantitative estimate of drug-likeness (QED) is 0.374. The van der Waals surface area contributed by atoms with Gasteiger partial charge in [0, 0.05) is 25.2 Å². The maximum absolute atomic E-state index is 11.2. The van der Waals surface area contributed by atoms with Crippen molar-refractivity contribution in [2.24, 2.45) is 0 Å². The molecule has 148 valence electrons. The van der Waals surface area contributed by atoms with Crippen molar-refractivity contribution >= 4 is 12.0 Å². The molecule has 1 aliphatic carbocycles. The fraction of sp³-hybridized carbons (Fsp3) is 0.348. The van der Waals surface area contributed by atoms with Crippen molar-refractivity contribution in [3.05, 3.63) is 76.4 Å². The summed E-state index contributed by atoms with van der Waals surface area (Å²) in [4.78, 5) is 13.5. The monoisotopic (exact) mass is 380 g/mol. The SMILES string of the molecule is Cc1ccc(CCN(CCO)C2CCc3cc(/C=C/C(=O)NO)ccc32)cc1. The van der Waals surface area contributed by atoms with Gasteiger partial charge in [-0.2, -0.15) is 0 Å². The van der Waals surface area contributed by atoms with Crippen molar-refractivity contribution in [1.29, 1.82) is 0 Å². The molecule has 0 spiro atoms. The van der Waals surface area contributed by atoms with E-state index in [1.165, 1.54) is 28.3 Å². The topological polar surface area (TPSA) is 72.8 Å². The third-order valence-electron chi connectivity index (χ3n) is 5.39. The Bertz CT molecular complexity index is 830. The number of fused-ring (bicyclic) bond motifs is 1. The molecule has 3 rings (SSSR count). The van der Waals surface area contributed by atoms with Crippen LogP contribution in [0.1, 0.15) is 40.3 Å². The van der Waals surface area contributed by atoms with Crippen LogP contribution in [0.15, 0.2) is 48.5 Å². The minimum Gasteiger partial charge on any atom is -0.395 e. The summed E-state index contributed by atoms with van der Waals surface area (Å²) in [5, 5.41) is 18.1. The van der Waals surface area contributed by atoms with Gasteiger partial charge in [0.1, 0.15) is 0 Å². The Morgan fingerprint density at radius 3 is 2.71 bits per heavy atom. The summed E-state index contributed by atoms with van der Waals surface area (Å²) in [6.45, 7) is 3.81. The summed E-state index contributed by atoms with van der Waals surface area (Å²) in [6.07, 6.45) is 5.99. The number of nitrogens with zero attached hydrogens (tertiary/aromatic N) is 1. The molecule has 0 saturated heterocycles. The Hall–Kier alpha value is -2.47. The van der Waals surface area contributed by atoms with E-state index in [-0.39, 0.29) is 6.61 Å². The molecule has 5 heteroatoms. The lowest BCUT2D eigenvalue weighted by Gasteiger charge is -2.29. The lowest BCUT2D eigenvalue weighted by molar-refractivity contribution is -0.124. The van der Waals surface area contributed by atoms with E-state index in [1.807, 2.05) is 6.07 Å². The molecule has 5 nitrogen and oxygen atoms in total. The molecule has 1 aliphatic rings. The van der Waals surface area contributed by atoms with Gasteiger partial charge in [-0.1, -0.05) is 48.0 Å². The first-order chi connectivity index (χ1) is 13.6. The maximum atomic E-state index is 11.2. The molecule has 0 radical (unpaired) electrons. The molecule has 0 aliphatic heterocycles. The molecule has 1 amide bonds. The number of nitrogens with one attached hydrogen (secondary N) is 1. The molecule has 1 unspecified atom stereocenters. The van der Waals surface area contributed by atoms with Crippen LogP contribution in [0.2, 0.25) is 0 Å². The van der Waals surface area contributed by atoms with E-state index in [2.05, 4.69) is 48.2 Å². The lowest BCUT2D eigenvalue weighted by Crippen LogP contribution is -2.32. The van der Waals surface area contributed by atoms with Crippen LogP contribution >= 0.6 is 0 Å². The summed E-state index contributed by atoms with van der Waals surface area (Å²) >= 11 is 0. The number of aryl methyl sites for hydroxylation is 2. The van der Waals surface area contributed by atoms with Gasteiger partial charge in [0.25, 0.3) is 5.91 Å². The molecule has 1 atom stereocenters. The fourth-order valence-electron chi connectivity index (χ4n) is 3.89. The van der Waals surface area contributed by atoms with E-state index in [4.69, 9.17) is 5.21 Å². The number of amides is 1. The van der Waals surface area contributed by atoms with Crippen molar-refractivity contribution in [2.45, 2.75) is 32.2 Å². The predicted octanol–water partition coefficient (Wildman–Crippen LogP) is 3.04. The van der Waals surface area contributed by atoms with Crippen LogP contribution in [0.4, 0.5) is 0 Å². The van der Waals surface area contributed by atoms with E-state index < -0.39 is 5.91 Å². The van der Waals surface area contributed by atoms with Crippen LogP contribution in [0, 0.1) is 6.92 Å². The standard InChI is InChI=1S/C23H28N2O3/c1-17-2-4-18(5-3-17)12-13-25(14-15-26)22-10-8-20-16-19(6-9-21(20)22)7-11-23(27)24-28/h2-7,9,11,16,22,26,28H,8,10,12-15H2,1H3,(H,24,27)/b11-7+. The zero-order valence-corrected chi connectivity index (χ0v) is 16.3. The molecular formula is C23H28N2O3. The van der Waals surface area contributed by atoms with Crippen LogP contribution in [0.3, 0.4) is 0 Å². The van der Waals surface area contributed by atoms with Crippen molar-refractivity contribution in [2.75, 3.05) is 19.7 Å². The zero-order valence-electron chi connectivity index (χ0n) is 16.3. The Kier molecular flexibility index (Phi) is 6.98. The number of carbonyl (C=O) groups is 1. The summed E-state index contributed by atoms with van der Waals surface area (Å²) in [5.41, 5.74) is 7.71. The van der Waals surface area contributed by atoms with Crippen molar-refractivity contribution in [1.82, 2.24) is 10.4 Å². The molecule has 28 heavy (non-hydrogen) atoms. The fourth-order valence-corrected chi connectivity index (χ4v) is 3.89. The smallest absolute Gasteiger partial charge is 0.267 e. The van der Waals surface area contributed by atoms with Gasteiger partial charge >= 0.3 is 0 Å². The summed E-state index contributed by atoms with van der Waals surface area (Å²) in [6, 6.07) is 15.2. The average Bonchev–Trinajstić information content (AvgIpc) is 3.13. The van der Waals surface area contributed by atoms with Crippen LogP contribution in [-0.2, 0) is 17.6 Å². The second kappa shape index (κ2) is 9.64. The third kappa shape index (κ3) is 5.07. The Morgan fingerprint density at radius 2 is 2.00 bits per heavy atom. The molecular weight excluding hydrogens is 352 g/mol. The van der Waals surface area contributed by atoms with E-state index >= 15 is 0 Å². The molecule has 0 aromatic heterocycles. The Labute approximate surface area is 166 Å². The summed E-state index contributed by atoms with van der Waals surface area (Å²) in [7, 11) is 0. The van der Waals surface area contributed by atoms with Crippen LogP contribution < -0.4 is 5.48 Å². The highest BCUT2D eigenvalue weighted by Crippen LogP contribution is 2.36. The van der Waals surface area contributed by atoms with E-state index in [0.29, 0.717) is 12.6 Å². The van der Waals surface area contributed by atoms with Crippen molar-refractivity contribution < 1.29 is 15.1 Å². The number of carbonyl (C=O) groups excluding carboxylic acids is 1. The van der Waals surface area contributed by atoms with Gasteiger partial charge < -0.3 is 5.11 Å². The van der Waals surface area contributed by atoms with E-state index in [0.717, 1.165) is 31.4 Å². The second-order valence-electron chi connectivity index (χ2n) is 7.32. The van der Waals surface area contributed by atoms with Gasteiger partial charge in [-0.3, -0.25) is 14.9 Å². The molecule has 0 bridgehead atoms. The van der Waals surface area contributed by atoms with Gasteiger partial charge in [0.05, 0.1) is 6.61 Å². The maximum Gasteiger partial charge on any atom is 0.267 e. The largest absolute Gasteiger partial charge is 0.395 e. The number of hydrogen-bond donors (Lipinski definition) is 3. The minimum absolute atomic E-state index is 0.150. The number of hydroxylamine groups is 1. The normalized spacial score (nSPS) is 15.9. The first-order valence-electron chi connectivity index (χ1n) is 9.76. The number of benzene rings is 2. The van der Waals surface area contributed by atoms with Gasteiger partial charge in [0.2, 0.25) is 0 Å².